The van der Waals surface area contributed by atoms with Gasteiger partial charge in [-0.1, -0.05) is 36.6 Å². The third-order valence-electron chi connectivity index (χ3n) is 7.59. The summed E-state index contributed by atoms with van der Waals surface area (Å²) in [6.07, 6.45) is 8.84. The number of aryl methyl sites for hydroxylation is 2. The van der Waals surface area contributed by atoms with Crippen LogP contribution in [0.1, 0.15) is 49.0 Å². The number of anilines is 1. The third kappa shape index (κ3) is 5.63. The number of unbranched alkanes of at least 4 members (excludes halogenated alkanes) is 2. The number of benzene rings is 2. The molecule has 1 saturated heterocycles. The van der Waals surface area contributed by atoms with Crippen LogP contribution in [0.25, 0.3) is 22.2 Å². The number of piperidine rings is 1. The number of carbonyl (C=O) groups is 1. The molecule has 2 N–H and O–H groups in total. The summed E-state index contributed by atoms with van der Waals surface area (Å²) < 4.78 is 9.25. The van der Waals surface area contributed by atoms with Crippen molar-refractivity contribution >= 4 is 22.5 Å². The fourth-order valence-corrected chi connectivity index (χ4v) is 5.35. The largest absolute Gasteiger partial charge is 0.497 e. The maximum absolute atomic E-state index is 13.2. The first-order chi connectivity index (χ1) is 18.0. The van der Waals surface area contributed by atoms with Crippen molar-refractivity contribution in [2.24, 2.45) is 13.0 Å². The number of likely N-dealkylation sites (tertiary alicyclic amines) is 1. The molecule has 1 aliphatic heterocycles. The predicted molar refractivity (Wildman–Crippen MR) is 146 cm³/mol. The summed E-state index contributed by atoms with van der Waals surface area (Å²) in [6, 6.07) is 15.7. The Balaban J connectivity index is 1.04. The number of amides is 1. The van der Waals surface area contributed by atoms with Gasteiger partial charge in [-0.15, -0.1) is 5.10 Å². The van der Waals surface area contributed by atoms with Gasteiger partial charge in [-0.05, 0) is 55.5 Å². The lowest BCUT2D eigenvalue weighted by molar-refractivity contribution is 0.0676. The summed E-state index contributed by atoms with van der Waals surface area (Å²) in [4.78, 5) is 15.3. The normalized spacial score (nSPS) is 14.4. The molecular formula is C29H36N6O2. The first-order valence-corrected chi connectivity index (χ1v) is 13.2. The SMILES string of the molecule is COc1ccc2cc(C(=O)N3CCC(CCCCCn4cc(-c5cccc(N)c5)nn4)CC3)n(C)c2c1. The molecule has 1 fully saturated rings. The van der Waals surface area contributed by atoms with Gasteiger partial charge >= 0.3 is 0 Å². The Labute approximate surface area is 218 Å². The second-order valence-corrected chi connectivity index (χ2v) is 10.1. The number of nitrogens with zero attached hydrogens (tertiary/aromatic N) is 5. The van der Waals surface area contributed by atoms with Crippen LogP contribution in [0.2, 0.25) is 0 Å². The van der Waals surface area contributed by atoms with Crippen LogP contribution in [-0.4, -0.2) is 50.6 Å². The summed E-state index contributed by atoms with van der Waals surface area (Å²) in [5.74, 6) is 1.63. The zero-order valence-corrected chi connectivity index (χ0v) is 21.8. The molecule has 0 unspecified atom stereocenters. The molecule has 194 valence electrons. The van der Waals surface area contributed by atoms with E-state index in [1.165, 1.54) is 19.3 Å². The molecule has 0 aliphatic carbocycles. The highest BCUT2D eigenvalue weighted by molar-refractivity contribution is 5.99. The molecule has 2 aromatic heterocycles. The van der Waals surface area contributed by atoms with Gasteiger partial charge in [0.1, 0.15) is 17.1 Å². The Bertz CT molecular complexity index is 1370. The lowest BCUT2D eigenvalue weighted by Gasteiger charge is -2.32. The summed E-state index contributed by atoms with van der Waals surface area (Å²) in [5.41, 5.74) is 10.2. The molecule has 0 saturated carbocycles. The molecule has 0 bridgehead atoms. The number of hydrogen-bond acceptors (Lipinski definition) is 5. The van der Waals surface area contributed by atoms with E-state index < -0.39 is 0 Å². The van der Waals surface area contributed by atoms with Crippen LogP contribution >= 0.6 is 0 Å². The van der Waals surface area contributed by atoms with Gasteiger partial charge in [-0.25, -0.2) is 0 Å². The van der Waals surface area contributed by atoms with E-state index in [4.69, 9.17) is 10.5 Å². The van der Waals surface area contributed by atoms with Crippen LogP contribution < -0.4 is 10.5 Å². The van der Waals surface area contributed by atoms with Gasteiger partial charge < -0.3 is 19.9 Å². The molecule has 0 spiro atoms. The van der Waals surface area contributed by atoms with Crippen molar-refractivity contribution < 1.29 is 9.53 Å². The number of ether oxygens (including phenoxy) is 1. The van der Waals surface area contributed by atoms with Crippen LogP contribution in [-0.2, 0) is 13.6 Å². The third-order valence-corrected chi connectivity index (χ3v) is 7.59. The zero-order chi connectivity index (χ0) is 25.8. The Morgan fingerprint density at radius 2 is 1.92 bits per heavy atom. The van der Waals surface area contributed by atoms with Gasteiger partial charge in [0.25, 0.3) is 5.91 Å². The molecule has 4 aromatic rings. The minimum Gasteiger partial charge on any atom is -0.497 e. The second kappa shape index (κ2) is 11.1. The number of nitrogens with two attached hydrogens (primary N) is 1. The first-order valence-electron chi connectivity index (χ1n) is 13.2. The molecule has 8 nitrogen and oxygen atoms in total. The van der Waals surface area contributed by atoms with E-state index in [-0.39, 0.29) is 5.91 Å². The molecule has 3 heterocycles. The van der Waals surface area contributed by atoms with Crippen LogP contribution in [0, 0.1) is 5.92 Å². The quantitative estimate of drug-likeness (QED) is 0.254. The maximum atomic E-state index is 13.2. The maximum Gasteiger partial charge on any atom is 0.270 e. The Morgan fingerprint density at radius 3 is 2.70 bits per heavy atom. The van der Waals surface area contributed by atoms with Gasteiger partial charge in [-0.3, -0.25) is 9.48 Å². The zero-order valence-electron chi connectivity index (χ0n) is 21.8. The van der Waals surface area contributed by atoms with Crippen LogP contribution in [0.15, 0.2) is 54.7 Å². The van der Waals surface area contributed by atoms with Gasteiger partial charge in [0.2, 0.25) is 0 Å². The van der Waals surface area contributed by atoms with Crippen molar-refractivity contribution in [3.05, 3.63) is 60.4 Å². The van der Waals surface area contributed by atoms with Crippen LogP contribution in [0.3, 0.4) is 0 Å². The smallest absolute Gasteiger partial charge is 0.270 e. The van der Waals surface area contributed by atoms with Crippen LogP contribution in [0.5, 0.6) is 5.75 Å². The van der Waals surface area contributed by atoms with E-state index in [0.717, 1.165) is 78.2 Å². The molecule has 37 heavy (non-hydrogen) atoms. The summed E-state index contributed by atoms with van der Waals surface area (Å²) in [5, 5.41) is 9.62. The van der Waals surface area contributed by atoms with Crippen molar-refractivity contribution in [1.29, 1.82) is 0 Å². The van der Waals surface area contributed by atoms with Gasteiger partial charge in [0.15, 0.2) is 0 Å². The van der Waals surface area contributed by atoms with Gasteiger partial charge in [-0.2, -0.15) is 0 Å². The fourth-order valence-electron chi connectivity index (χ4n) is 5.35. The summed E-state index contributed by atoms with van der Waals surface area (Å²) >= 11 is 0. The monoisotopic (exact) mass is 500 g/mol. The van der Waals surface area contributed by atoms with E-state index >= 15 is 0 Å². The van der Waals surface area contributed by atoms with E-state index in [1.807, 2.05) is 75.9 Å². The Hall–Kier alpha value is -3.81. The number of rotatable bonds is 9. The molecule has 0 radical (unpaired) electrons. The molecular weight excluding hydrogens is 464 g/mol. The first kappa shape index (κ1) is 24.9. The molecule has 1 amide bonds. The van der Waals surface area contributed by atoms with Gasteiger partial charge in [0.05, 0.1) is 18.8 Å². The van der Waals surface area contributed by atoms with E-state index in [2.05, 4.69) is 10.3 Å². The van der Waals surface area contributed by atoms with E-state index in [0.29, 0.717) is 5.92 Å². The number of hydrogen-bond donors (Lipinski definition) is 1. The molecule has 5 rings (SSSR count). The average Bonchev–Trinajstić information content (AvgIpc) is 3.53. The topological polar surface area (TPSA) is 91.2 Å². The standard InChI is InChI=1S/C29H36N6O2/c1-33-27-19-25(37-2)11-10-23(27)18-28(33)29(36)34-15-12-21(13-16-34)7-4-3-5-14-35-20-26(31-32-35)22-8-6-9-24(30)17-22/h6,8-11,17-21H,3-5,7,12-16,30H2,1-2H3. The second-order valence-electron chi connectivity index (χ2n) is 10.1. The van der Waals surface area contributed by atoms with Crippen molar-refractivity contribution in [2.45, 2.75) is 45.1 Å². The van der Waals surface area contributed by atoms with Crippen molar-refractivity contribution in [3.63, 3.8) is 0 Å². The summed E-state index contributed by atoms with van der Waals surface area (Å²) in [6.45, 7) is 2.54. The number of methoxy groups -OCH3 is 1. The Kier molecular flexibility index (Phi) is 7.44. The minimum absolute atomic E-state index is 0.126. The highest BCUT2D eigenvalue weighted by Gasteiger charge is 2.25. The predicted octanol–water partition coefficient (Wildman–Crippen LogP) is 5.14. The van der Waals surface area contributed by atoms with Crippen molar-refractivity contribution in [2.75, 3.05) is 25.9 Å². The van der Waals surface area contributed by atoms with Gasteiger partial charge in [0, 0.05) is 49.4 Å². The number of fused-ring (bicyclic) bond motifs is 1. The fraction of sp³-hybridized carbons (Fsp3) is 0.414. The van der Waals surface area contributed by atoms with E-state index in [1.54, 1.807) is 7.11 Å². The molecule has 8 heteroatoms. The number of nitrogen functional groups attached to an aromatic ring is 1. The molecule has 2 aromatic carbocycles. The molecule has 1 aliphatic rings. The minimum atomic E-state index is 0.126. The number of aromatic nitrogens is 4. The lowest BCUT2D eigenvalue weighted by Crippen LogP contribution is -2.39. The number of carbonyl (C=O) groups excluding carboxylic acids is 1. The highest BCUT2D eigenvalue weighted by atomic mass is 16.5. The average molecular weight is 501 g/mol. The van der Waals surface area contributed by atoms with Crippen LogP contribution in [0.4, 0.5) is 5.69 Å². The van der Waals surface area contributed by atoms with Crippen molar-refractivity contribution in [3.8, 4) is 17.0 Å². The summed E-state index contributed by atoms with van der Waals surface area (Å²) in [7, 11) is 3.62. The Morgan fingerprint density at radius 1 is 1.08 bits per heavy atom. The van der Waals surface area contributed by atoms with E-state index in [9.17, 15) is 4.79 Å². The lowest BCUT2D eigenvalue weighted by atomic mass is 9.91. The molecule has 0 atom stereocenters. The highest BCUT2D eigenvalue weighted by Crippen LogP contribution is 2.27. The van der Waals surface area contributed by atoms with Crippen molar-refractivity contribution in [1.82, 2.24) is 24.5 Å².